The fourth-order valence-corrected chi connectivity index (χ4v) is 2.52. The Kier molecular flexibility index (Phi) is 14.0. The molecule has 0 fully saturated rings. The molecular weight excluding hydrogens is 248 g/mol. The number of carboxylic acids is 1. The van der Waals surface area contributed by atoms with Gasteiger partial charge in [0.2, 0.25) is 0 Å². The van der Waals surface area contributed by atoms with Crippen molar-refractivity contribution in [1.82, 2.24) is 0 Å². The Bertz CT molecular complexity index is 246. The molecular formula is C18H34O2. The van der Waals surface area contributed by atoms with Crippen LogP contribution in [0, 0.1) is 5.92 Å². The summed E-state index contributed by atoms with van der Waals surface area (Å²) in [5.74, 6) is -0.820. The molecule has 0 aliphatic rings. The molecule has 0 aromatic rings. The summed E-state index contributed by atoms with van der Waals surface area (Å²) in [7, 11) is 0. The minimum atomic E-state index is -0.640. The van der Waals surface area contributed by atoms with Crippen molar-refractivity contribution >= 4 is 5.97 Å². The van der Waals surface area contributed by atoms with Gasteiger partial charge in [-0.2, -0.15) is 0 Å². The molecule has 0 spiro atoms. The van der Waals surface area contributed by atoms with Crippen molar-refractivity contribution in [3.8, 4) is 0 Å². The second kappa shape index (κ2) is 14.6. The number of hydrogen-bond acceptors (Lipinski definition) is 1. The van der Waals surface area contributed by atoms with Crippen LogP contribution < -0.4 is 0 Å². The highest BCUT2D eigenvalue weighted by atomic mass is 16.4. The monoisotopic (exact) mass is 282 g/mol. The standard InChI is InChI=1S/C18H34O2/c1-3-5-7-8-9-10-11-12-13-14-16-17(18(19)20)15-6-4-2/h4,6,17H,3,5,7-16H2,1-2H3,(H,19,20). The number of carboxylic acid groups (broad SMARTS) is 1. The Morgan fingerprint density at radius 3 is 1.90 bits per heavy atom. The van der Waals surface area contributed by atoms with Crippen LogP contribution in [0.25, 0.3) is 0 Å². The maximum atomic E-state index is 11.1. The summed E-state index contributed by atoms with van der Waals surface area (Å²) in [6, 6.07) is 0. The van der Waals surface area contributed by atoms with Crippen LogP contribution in [0.1, 0.15) is 90.9 Å². The Hall–Kier alpha value is -0.790. The van der Waals surface area contributed by atoms with Crippen molar-refractivity contribution in [3.63, 3.8) is 0 Å². The van der Waals surface area contributed by atoms with Gasteiger partial charge in [-0.05, 0) is 19.8 Å². The van der Waals surface area contributed by atoms with Crippen molar-refractivity contribution in [2.24, 2.45) is 5.92 Å². The van der Waals surface area contributed by atoms with Crippen LogP contribution in [0.2, 0.25) is 0 Å². The van der Waals surface area contributed by atoms with Crippen molar-refractivity contribution < 1.29 is 9.90 Å². The number of allylic oxidation sites excluding steroid dienone is 2. The molecule has 20 heavy (non-hydrogen) atoms. The van der Waals surface area contributed by atoms with Gasteiger partial charge in [0, 0.05) is 0 Å². The van der Waals surface area contributed by atoms with E-state index < -0.39 is 5.97 Å². The lowest BCUT2D eigenvalue weighted by molar-refractivity contribution is -0.141. The molecule has 0 aromatic carbocycles. The third kappa shape index (κ3) is 12.3. The molecule has 1 unspecified atom stereocenters. The van der Waals surface area contributed by atoms with Crippen LogP contribution >= 0.6 is 0 Å². The molecule has 0 saturated carbocycles. The van der Waals surface area contributed by atoms with Crippen LogP contribution in [-0.2, 0) is 4.79 Å². The number of rotatable bonds is 14. The molecule has 1 N–H and O–H groups in total. The zero-order chi connectivity index (χ0) is 15.1. The third-order valence-electron chi connectivity index (χ3n) is 3.91. The molecule has 0 aromatic heterocycles. The van der Waals surface area contributed by atoms with Gasteiger partial charge in [0.25, 0.3) is 0 Å². The average Bonchev–Trinajstić information content (AvgIpc) is 2.43. The molecule has 0 aliphatic carbocycles. The van der Waals surface area contributed by atoms with Gasteiger partial charge in [-0.1, -0.05) is 83.3 Å². The molecule has 0 bridgehead atoms. The van der Waals surface area contributed by atoms with E-state index >= 15 is 0 Å². The minimum Gasteiger partial charge on any atom is -0.481 e. The maximum Gasteiger partial charge on any atom is 0.306 e. The summed E-state index contributed by atoms with van der Waals surface area (Å²) < 4.78 is 0. The van der Waals surface area contributed by atoms with E-state index in [2.05, 4.69) is 6.92 Å². The van der Waals surface area contributed by atoms with E-state index in [1.54, 1.807) is 0 Å². The van der Waals surface area contributed by atoms with E-state index in [4.69, 9.17) is 5.11 Å². The Balaban J connectivity index is 3.38. The predicted molar refractivity (Wildman–Crippen MR) is 87.0 cm³/mol. The molecule has 0 rings (SSSR count). The topological polar surface area (TPSA) is 37.3 Å². The molecule has 0 radical (unpaired) electrons. The quantitative estimate of drug-likeness (QED) is 0.315. The lowest BCUT2D eigenvalue weighted by atomic mass is 9.97. The molecule has 0 aliphatic heterocycles. The van der Waals surface area contributed by atoms with Crippen LogP contribution in [0.3, 0.4) is 0 Å². The molecule has 0 heterocycles. The SMILES string of the molecule is CC=CCC(CCCCCCCCCCCC)C(=O)O. The highest BCUT2D eigenvalue weighted by Gasteiger charge is 2.14. The summed E-state index contributed by atoms with van der Waals surface area (Å²) in [5, 5.41) is 9.11. The fraction of sp³-hybridized carbons (Fsp3) is 0.833. The Morgan fingerprint density at radius 1 is 0.950 bits per heavy atom. The van der Waals surface area contributed by atoms with Crippen LogP contribution in [0.15, 0.2) is 12.2 Å². The normalized spacial score (nSPS) is 12.9. The molecule has 0 saturated heterocycles. The van der Waals surface area contributed by atoms with E-state index in [-0.39, 0.29) is 5.92 Å². The van der Waals surface area contributed by atoms with E-state index in [1.807, 2.05) is 19.1 Å². The summed E-state index contributed by atoms with van der Waals surface area (Å²) in [6.45, 7) is 4.19. The van der Waals surface area contributed by atoms with Gasteiger partial charge in [-0.25, -0.2) is 0 Å². The largest absolute Gasteiger partial charge is 0.481 e. The van der Waals surface area contributed by atoms with E-state index in [0.29, 0.717) is 6.42 Å². The van der Waals surface area contributed by atoms with Crippen molar-refractivity contribution in [3.05, 3.63) is 12.2 Å². The molecule has 2 heteroatoms. The van der Waals surface area contributed by atoms with Gasteiger partial charge in [0.1, 0.15) is 0 Å². The highest BCUT2D eigenvalue weighted by molar-refractivity contribution is 5.70. The predicted octanol–water partition coefficient (Wildman–Crippen LogP) is 5.96. The molecule has 0 amide bonds. The van der Waals surface area contributed by atoms with Crippen LogP contribution in [0.4, 0.5) is 0 Å². The summed E-state index contributed by atoms with van der Waals surface area (Å²) in [5.41, 5.74) is 0. The Labute approximate surface area is 125 Å². The first-order valence-electron chi connectivity index (χ1n) is 8.56. The molecule has 118 valence electrons. The van der Waals surface area contributed by atoms with Crippen LogP contribution in [0.5, 0.6) is 0 Å². The fourth-order valence-electron chi connectivity index (χ4n) is 2.52. The second-order valence-electron chi connectivity index (χ2n) is 5.81. The van der Waals surface area contributed by atoms with Gasteiger partial charge < -0.3 is 5.11 Å². The zero-order valence-corrected chi connectivity index (χ0v) is 13.6. The molecule has 2 nitrogen and oxygen atoms in total. The van der Waals surface area contributed by atoms with Gasteiger partial charge in [0.05, 0.1) is 5.92 Å². The summed E-state index contributed by atoms with van der Waals surface area (Å²) in [4.78, 5) is 11.1. The van der Waals surface area contributed by atoms with Crippen molar-refractivity contribution in [1.29, 1.82) is 0 Å². The number of aliphatic carboxylic acids is 1. The maximum absolute atomic E-state index is 11.1. The second-order valence-corrected chi connectivity index (χ2v) is 5.81. The average molecular weight is 282 g/mol. The lowest BCUT2D eigenvalue weighted by Crippen LogP contribution is -2.12. The zero-order valence-electron chi connectivity index (χ0n) is 13.6. The smallest absolute Gasteiger partial charge is 0.306 e. The minimum absolute atomic E-state index is 0.180. The number of unbranched alkanes of at least 4 members (excludes halogenated alkanes) is 9. The van der Waals surface area contributed by atoms with Crippen LogP contribution in [-0.4, -0.2) is 11.1 Å². The first-order chi connectivity index (χ1) is 9.72. The Morgan fingerprint density at radius 2 is 1.45 bits per heavy atom. The van der Waals surface area contributed by atoms with Crippen molar-refractivity contribution in [2.75, 3.05) is 0 Å². The number of carbonyl (C=O) groups is 1. The summed E-state index contributed by atoms with van der Waals surface area (Å²) in [6.07, 6.45) is 18.5. The van der Waals surface area contributed by atoms with Gasteiger partial charge in [-0.3, -0.25) is 4.79 Å². The van der Waals surface area contributed by atoms with E-state index in [9.17, 15) is 4.79 Å². The third-order valence-corrected chi connectivity index (χ3v) is 3.91. The lowest BCUT2D eigenvalue weighted by Gasteiger charge is -2.09. The first-order valence-corrected chi connectivity index (χ1v) is 8.56. The van der Waals surface area contributed by atoms with Gasteiger partial charge >= 0.3 is 5.97 Å². The van der Waals surface area contributed by atoms with Gasteiger partial charge in [0.15, 0.2) is 0 Å². The number of hydrogen-bond donors (Lipinski definition) is 1. The van der Waals surface area contributed by atoms with E-state index in [0.717, 1.165) is 12.8 Å². The molecule has 1 atom stereocenters. The van der Waals surface area contributed by atoms with E-state index in [1.165, 1.54) is 57.8 Å². The van der Waals surface area contributed by atoms with Gasteiger partial charge in [-0.15, -0.1) is 0 Å². The summed E-state index contributed by atoms with van der Waals surface area (Å²) >= 11 is 0. The first kappa shape index (κ1) is 19.2. The highest BCUT2D eigenvalue weighted by Crippen LogP contribution is 2.17. The van der Waals surface area contributed by atoms with Crippen molar-refractivity contribution in [2.45, 2.75) is 90.9 Å².